The first-order valence-electron chi connectivity index (χ1n) is 12.0. The third-order valence-electron chi connectivity index (χ3n) is 5.51. The standard InChI is InChI=1S/C22H38N10O6/c1-11(2)17(24)20(36)32-15(8-12-9-27-10-29-12)19(35)30-13(5-6-16(23)33)18(34)31-14(21(37)38)4-3-7-28-22(25)26/h9-11,13-15,17H,3-8,24H2,1-2H3,(H2,23,33)(H,27,29)(H,30,35)(H,31,34)(H,32,36)(H,37,38)(H4,25,26,28). The number of aromatic amines is 1. The highest BCUT2D eigenvalue weighted by atomic mass is 16.4. The van der Waals surface area contributed by atoms with Crippen molar-refractivity contribution in [3.8, 4) is 0 Å². The number of aliphatic carboxylic acids is 1. The first kappa shape index (κ1) is 31.8. The minimum atomic E-state index is -1.32. The molecule has 1 rings (SSSR count). The Labute approximate surface area is 219 Å². The lowest BCUT2D eigenvalue weighted by Gasteiger charge is -2.25. The van der Waals surface area contributed by atoms with Crippen LogP contribution in [0.25, 0.3) is 0 Å². The molecule has 0 radical (unpaired) electrons. The molecule has 1 heterocycles. The number of hydrogen-bond acceptors (Lipinski definition) is 8. The molecule has 0 bridgehead atoms. The lowest BCUT2D eigenvalue weighted by molar-refractivity contribution is -0.142. The molecule has 1 aromatic rings. The monoisotopic (exact) mass is 538 g/mol. The molecular weight excluding hydrogens is 500 g/mol. The molecule has 4 atom stereocenters. The maximum Gasteiger partial charge on any atom is 0.326 e. The Bertz CT molecular complexity index is 977. The van der Waals surface area contributed by atoms with Gasteiger partial charge in [-0.25, -0.2) is 9.78 Å². The number of nitrogens with zero attached hydrogens (tertiary/aromatic N) is 2. The highest BCUT2D eigenvalue weighted by molar-refractivity contribution is 5.94. The molecule has 16 nitrogen and oxygen atoms in total. The Kier molecular flexibility index (Phi) is 13.2. The highest BCUT2D eigenvalue weighted by Gasteiger charge is 2.31. The van der Waals surface area contributed by atoms with Gasteiger partial charge in [-0.2, -0.15) is 0 Å². The molecule has 212 valence electrons. The van der Waals surface area contributed by atoms with E-state index in [1.165, 1.54) is 12.5 Å². The quantitative estimate of drug-likeness (QED) is 0.0543. The third kappa shape index (κ3) is 11.7. The van der Waals surface area contributed by atoms with Crippen LogP contribution in [0.5, 0.6) is 0 Å². The summed E-state index contributed by atoms with van der Waals surface area (Å²) in [6.07, 6.45) is 2.64. The summed E-state index contributed by atoms with van der Waals surface area (Å²) in [5.41, 5.74) is 22.1. The number of hydrogen-bond donors (Lipinski definition) is 9. The third-order valence-corrected chi connectivity index (χ3v) is 5.51. The van der Waals surface area contributed by atoms with Crippen molar-refractivity contribution in [2.75, 3.05) is 6.54 Å². The number of guanidine groups is 1. The van der Waals surface area contributed by atoms with Gasteiger partial charge in [0.1, 0.15) is 18.1 Å². The van der Waals surface area contributed by atoms with Gasteiger partial charge in [-0.3, -0.25) is 24.2 Å². The zero-order valence-corrected chi connectivity index (χ0v) is 21.5. The van der Waals surface area contributed by atoms with Crippen molar-refractivity contribution < 1.29 is 29.1 Å². The van der Waals surface area contributed by atoms with Crippen LogP contribution < -0.4 is 38.9 Å². The topological polar surface area (TPSA) is 287 Å². The number of imidazole rings is 1. The molecule has 38 heavy (non-hydrogen) atoms. The highest BCUT2D eigenvalue weighted by Crippen LogP contribution is 2.06. The van der Waals surface area contributed by atoms with E-state index in [1.54, 1.807) is 13.8 Å². The number of H-pyrrole nitrogens is 1. The summed E-state index contributed by atoms with van der Waals surface area (Å²) in [6, 6.07) is -4.69. The number of carbonyl (C=O) groups excluding carboxylic acids is 4. The number of nitrogens with one attached hydrogen (secondary N) is 4. The van der Waals surface area contributed by atoms with E-state index >= 15 is 0 Å². The zero-order valence-electron chi connectivity index (χ0n) is 21.5. The van der Waals surface area contributed by atoms with E-state index in [1.807, 2.05) is 0 Å². The van der Waals surface area contributed by atoms with Crippen LogP contribution in [0.1, 0.15) is 45.2 Å². The van der Waals surface area contributed by atoms with Gasteiger partial charge in [0.05, 0.1) is 12.4 Å². The smallest absolute Gasteiger partial charge is 0.326 e. The van der Waals surface area contributed by atoms with E-state index in [0.29, 0.717) is 5.69 Å². The Morgan fingerprint density at radius 2 is 1.58 bits per heavy atom. The SMILES string of the molecule is CC(C)C(N)C(=O)NC(Cc1cnc[nH]1)C(=O)NC(CCC(N)=O)C(=O)NC(CCCN=C(N)N)C(=O)O. The van der Waals surface area contributed by atoms with Crippen LogP contribution in [0.4, 0.5) is 0 Å². The predicted molar refractivity (Wildman–Crippen MR) is 137 cm³/mol. The van der Waals surface area contributed by atoms with Gasteiger partial charge in [0.15, 0.2) is 5.96 Å². The van der Waals surface area contributed by atoms with E-state index < -0.39 is 53.8 Å². The van der Waals surface area contributed by atoms with Crippen LogP contribution in [0, 0.1) is 5.92 Å². The van der Waals surface area contributed by atoms with Crippen LogP contribution in [-0.4, -0.2) is 81.3 Å². The molecular formula is C22H38N10O6. The largest absolute Gasteiger partial charge is 0.480 e. The summed E-state index contributed by atoms with van der Waals surface area (Å²) < 4.78 is 0. The molecule has 1 aromatic heterocycles. The first-order valence-corrected chi connectivity index (χ1v) is 12.0. The lowest BCUT2D eigenvalue weighted by atomic mass is 10.0. The van der Waals surface area contributed by atoms with Crippen LogP contribution >= 0.6 is 0 Å². The minimum absolute atomic E-state index is 0.0000632. The summed E-state index contributed by atoms with van der Waals surface area (Å²) in [6.45, 7) is 3.64. The molecule has 0 saturated carbocycles. The molecule has 13 N–H and O–H groups in total. The molecule has 4 amide bonds. The van der Waals surface area contributed by atoms with Gasteiger partial charge in [0, 0.05) is 31.3 Å². The first-order chi connectivity index (χ1) is 17.8. The number of aromatic nitrogens is 2. The van der Waals surface area contributed by atoms with Crippen LogP contribution in [0.3, 0.4) is 0 Å². The number of amides is 4. The summed E-state index contributed by atoms with van der Waals surface area (Å²) in [4.78, 5) is 72.3. The Balaban J connectivity index is 3.04. The zero-order chi connectivity index (χ0) is 28.8. The van der Waals surface area contributed by atoms with Gasteiger partial charge in [-0.05, 0) is 25.2 Å². The van der Waals surface area contributed by atoms with E-state index in [9.17, 15) is 29.1 Å². The fraction of sp³-hybridized carbons (Fsp3) is 0.591. The fourth-order valence-electron chi connectivity index (χ4n) is 3.26. The number of carbonyl (C=O) groups is 5. The van der Waals surface area contributed by atoms with Crippen molar-refractivity contribution in [2.24, 2.45) is 33.8 Å². The van der Waals surface area contributed by atoms with Crippen molar-refractivity contribution in [2.45, 2.75) is 70.1 Å². The van der Waals surface area contributed by atoms with Crippen LogP contribution in [0.2, 0.25) is 0 Å². The molecule has 0 aliphatic heterocycles. The van der Waals surface area contributed by atoms with E-state index in [0.717, 1.165) is 0 Å². The number of carboxylic acids is 1. The van der Waals surface area contributed by atoms with Crippen molar-refractivity contribution in [1.29, 1.82) is 0 Å². The van der Waals surface area contributed by atoms with E-state index in [4.69, 9.17) is 22.9 Å². The van der Waals surface area contributed by atoms with Gasteiger partial charge < -0.3 is 49.0 Å². The number of nitrogens with two attached hydrogens (primary N) is 4. The van der Waals surface area contributed by atoms with Crippen LogP contribution in [0.15, 0.2) is 17.5 Å². The molecule has 0 saturated heterocycles. The Morgan fingerprint density at radius 1 is 0.974 bits per heavy atom. The molecule has 0 aliphatic carbocycles. The van der Waals surface area contributed by atoms with Gasteiger partial charge in [0.2, 0.25) is 23.6 Å². The second kappa shape index (κ2) is 15.8. The van der Waals surface area contributed by atoms with Gasteiger partial charge in [-0.15, -0.1) is 0 Å². The predicted octanol–water partition coefficient (Wildman–Crippen LogP) is -3.21. The normalized spacial score (nSPS) is 14.0. The Morgan fingerprint density at radius 3 is 2.11 bits per heavy atom. The van der Waals surface area contributed by atoms with E-state index in [2.05, 4.69) is 30.9 Å². The van der Waals surface area contributed by atoms with E-state index in [-0.39, 0.29) is 50.5 Å². The van der Waals surface area contributed by atoms with Crippen molar-refractivity contribution in [1.82, 2.24) is 25.9 Å². The summed E-state index contributed by atoms with van der Waals surface area (Å²) in [5, 5.41) is 16.9. The molecule has 0 fully saturated rings. The van der Waals surface area contributed by atoms with Crippen molar-refractivity contribution in [3.05, 3.63) is 18.2 Å². The average Bonchev–Trinajstić information content (AvgIpc) is 3.34. The minimum Gasteiger partial charge on any atom is -0.480 e. The second-order valence-corrected chi connectivity index (χ2v) is 9.03. The maximum absolute atomic E-state index is 13.2. The summed E-state index contributed by atoms with van der Waals surface area (Å²) >= 11 is 0. The molecule has 4 unspecified atom stereocenters. The second-order valence-electron chi connectivity index (χ2n) is 9.03. The number of primary amides is 1. The molecule has 0 spiro atoms. The summed E-state index contributed by atoms with van der Waals surface area (Å²) in [7, 11) is 0. The van der Waals surface area contributed by atoms with Crippen LogP contribution in [-0.2, 0) is 30.4 Å². The Hall–Kier alpha value is -4.21. The lowest BCUT2D eigenvalue weighted by Crippen LogP contribution is -2.58. The van der Waals surface area contributed by atoms with Gasteiger partial charge in [-0.1, -0.05) is 13.8 Å². The van der Waals surface area contributed by atoms with Gasteiger partial charge in [0.25, 0.3) is 0 Å². The maximum atomic E-state index is 13.2. The molecule has 0 aromatic carbocycles. The molecule has 16 heteroatoms. The number of carboxylic acid groups (broad SMARTS) is 1. The number of rotatable bonds is 17. The average molecular weight is 539 g/mol. The van der Waals surface area contributed by atoms with Crippen molar-refractivity contribution >= 4 is 35.6 Å². The number of aliphatic imine (C=N–C) groups is 1. The summed E-state index contributed by atoms with van der Waals surface area (Å²) in [5.74, 6) is -4.58. The van der Waals surface area contributed by atoms with Gasteiger partial charge >= 0.3 is 5.97 Å². The fourth-order valence-corrected chi connectivity index (χ4v) is 3.26. The molecule has 0 aliphatic rings. The van der Waals surface area contributed by atoms with Crippen molar-refractivity contribution in [3.63, 3.8) is 0 Å².